The van der Waals surface area contributed by atoms with Gasteiger partial charge in [-0.3, -0.25) is 4.79 Å². The van der Waals surface area contributed by atoms with E-state index in [0.717, 1.165) is 31.7 Å². The molecule has 1 aromatic carbocycles. The molecule has 0 saturated carbocycles. The summed E-state index contributed by atoms with van der Waals surface area (Å²) in [6.45, 7) is 4.18. The summed E-state index contributed by atoms with van der Waals surface area (Å²) in [7, 11) is 0. The standard InChI is InChI=1S/C16H20O4/c1-3-5-6-10(4-2)14-9-13(19)16-12(18)7-11(17)8-15(16)20-14/h7-10,17-18H,3-6H2,1-2H3/t10-/m0/s1. The molecule has 4 nitrogen and oxygen atoms in total. The molecule has 0 aliphatic carbocycles. The number of hydrogen-bond donors (Lipinski definition) is 2. The lowest BCUT2D eigenvalue weighted by atomic mass is 9.96. The van der Waals surface area contributed by atoms with Gasteiger partial charge in [-0.1, -0.05) is 26.7 Å². The molecule has 0 bridgehead atoms. The Hall–Kier alpha value is -1.97. The van der Waals surface area contributed by atoms with E-state index in [1.54, 1.807) is 0 Å². The Bertz CT molecular complexity index is 657. The van der Waals surface area contributed by atoms with Crippen LogP contribution in [0.4, 0.5) is 0 Å². The van der Waals surface area contributed by atoms with Crippen molar-refractivity contribution in [2.45, 2.75) is 45.4 Å². The van der Waals surface area contributed by atoms with Crippen molar-refractivity contribution in [1.82, 2.24) is 0 Å². The maximum atomic E-state index is 12.1. The maximum Gasteiger partial charge on any atom is 0.196 e. The first-order valence-electron chi connectivity index (χ1n) is 7.06. The minimum atomic E-state index is -0.270. The lowest BCUT2D eigenvalue weighted by molar-refractivity contribution is 0.432. The Labute approximate surface area is 117 Å². The molecule has 1 aromatic heterocycles. The van der Waals surface area contributed by atoms with Crippen LogP contribution in [-0.2, 0) is 0 Å². The topological polar surface area (TPSA) is 70.7 Å². The summed E-state index contributed by atoms with van der Waals surface area (Å²) in [4.78, 5) is 12.1. The average Bonchev–Trinajstić information content (AvgIpc) is 2.38. The Morgan fingerprint density at radius 3 is 2.60 bits per heavy atom. The Morgan fingerprint density at radius 2 is 1.95 bits per heavy atom. The Kier molecular flexibility index (Phi) is 4.32. The van der Waals surface area contributed by atoms with Crippen molar-refractivity contribution in [3.05, 3.63) is 34.2 Å². The monoisotopic (exact) mass is 276 g/mol. The van der Waals surface area contributed by atoms with Crippen LogP contribution in [0.5, 0.6) is 11.5 Å². The van der Waals surface area contributed by atoms with E-state index in [4.69, 9.17) is 4.42 Å². The van der Waals surface area contributed by atoms with Crippen molar-refractivity contribution in [3.63, 3.8) is 0 Å². The smallest absolute Gasteiger partial charge is 0.196 e. The molecule has 1 atom stereocenters. The number of phenols is 2. The van der Waals surface area contributed by atoms with Gasteiger partial charge in [0.05, 0.1) is 0 Å². The van der Waals surface area contributed by atoms with Crippen LogP contribution in [0.1, 0.15) is 51.2 Å². The van der Waals surface area contributed by atoms with Crippen LogP contribution in [0, 0.1) is 0 Å². The lowest BCUT2D eigenvalue weighted by Gasteiger charge is -2.14. The van der Waals surface area contributed by atoms with Crippen molar-refractivity contribution in [1.29, 1.82) is 0 Å². The van der Waals surface area contributed by atoms with Crippen molar-refractivity contribution in [2.24, 2.45) is 0 Å². The van der Waals surface area contributed by atoms with Crippen molar-refractivity contribution >= 4 is 11.0 Å². The molecule has 0 saturated heterocycles. The molecule has 108 valence electrons. The first kappa shape index (κ1) is 14.4. The highest BCUT2D eigenvalue weighted by atomic mass is 16.3. The number of hydrogen-bond acceptors (Lipinski definition) is 4. The molecule has 1 heterocycles. The van der Waals surface area contributed by atoms with Gasteiger partial charge in [-0.2, -0.15) is 0 Å². The molecular formula is C16H20O4. The van der Waals surface area contributed by atoms with E-state index in [9.17, 15) is 15.0 Å². The van der Waals surface area contributed by atoms with Crippen molar-refractivity contribution in [3.8, 4) is 11.5 Å². The van der Waals surface area contributed by atoms with Gasteiger partial charge in [-0.05, 0) is 12.8 Å². The molecular weight excluding hydrogens is 256 g/mol. The molecule has 0 spiro atoms. The van der Waals surface area contributed by atoms with E-state index in [2.05, 4.69) is 13.8 Å². The zero-order valence-corrected chi connectivity index (χ0v) is 11.8. The van der Waals surface area contributed by atoms with Crippen molar-refractivity contribution in [2.75, 3.05) is 0 Å². The highest BCUT2D eigenvalue weighted by Gasteiger charge is 2.16. The van der Waals surface area contributed by atoms with E-state index in [1.165, 1.54) is 12.1 Å². The van der Waals surface area contributed by atoms with Gasteiger partial charge in [-0.25, -0.2) is 0 Å². The zero-order chi connectivity index (χ0) is 14.7. The Balaban J connectivity index is 2.54. The third-order valence-corrected chi connectivity index (χ3v) is 3.61. The van der Waals surface area contributed by atoms with Gasteiger partial charge in [0.2, 0.25) is 0 Å². The first-order valence-corrected chi connectivity index (χ1v) is 7.06. The second kappa shape index (κ2) is 5.99. The molecule has 2 aromatic rings. The quantitative estimate of drug-likeness (QED) is 0.869. The molecule has 0 fully saturated rings. The van der Waals surface area contributed by atoms with Crippen molar-refractivity contribution < 1.29 is 14.6 Å². The minimum absolute atomic E-state index is 0.114. The van der Waals surface area contributed by atoms with E-state index in [-0.39, 0.29) is 33.8 Å². The van der Waals surface area contributed by atoms with Gasteiger partial charge >= 0.3 is 0 Å². The molecule has 20 heavy (non-hydrogen) atoms. The third-order valence-electron chi connectivity index (χ3n) is 3.61. The second-order valence-corrected chi connectivity index (χ2v) is 5.10. The number of aromatic hydroxyl groups is 2. The molecule has 2 N–H and O–H groups in total. The van der Waals surface area contributed by atoms with Gasteiger partial charge in [0, 0.05) is 24.1 Å². The molecule has 0 unspecified atom stereocenters. The molecule has 0 aliphatic rings. The van der Waals surface area contributed by atoms with Crippen LogP contribution in [-0.4, -0.2) is 10.2 Å². The molecule has 4 heteroatoms. The fraction of sp³-hybridized carbons (Fsp3) is 0.438. The average molecular weight is 276 g/mol. The predicted octanol–water partition coefficient (Wildman–Crippen LogP) is 3.89. The summed E-state index contributed by atoms with van der Waals surface area (Å²) in [5.74, 6) is 0.457. The minimum Gasteiger partial charge on any atom is -0.508 e. The highest BCUT2D eigenvalue weighted by Crippen LogP contribution is 2.31. The SMILES string of the molecule is CCCC[C@H](CC)c1cc(=O)c2c(O)cc(O)cc2o1. The number of unbranched alkanes of at least 4 members (excludes halogenated alkanes) is 1. The van der Waals surface area contributed by atoms with Gasteiger partial charge < -0.3 is 14.6 Å². The summed E-state index contributed by atoms with van der Waals surface area (Å²) in [6, 6.07) is 3.97. The summed E-state index contributed by atoms with van der Waals surface area (Å²) in [5, 5.41) is 19.4. The lowest BCUT2D eigenvalue weighted by Crippen LogP contribution is -2.06. The number of phenolic OH excluding ortho intramolecular Hbond substituents is 2. The predicted molar refractivity (Wildman–Crippen MR) is 78.4 cm³/mol. The first-order chi connectivity index (χ1) is 9.56. The number of benzene rings is 1. The van der Waals surface area contributed by atoms with Gasteiger partial charge in [0.25, 0.3) is 0 Å². The van der Waals surface area contributed by atoms with Gasteiger partial charge in [0.1, 0.15) is 28.2 Å². The molecule has 0 aliphatic heterocycles. The van der Waals surface area contributed by atoms with E-state index in [1.807, 2.05) is 0 Å². The van der Waals surface area contributed by atoms with Crippen LogP contribution >= 0.6 is 0 Å². The van der Waals surface area contributed by atoms with E-state index >= 15 is 0 Å². The normalized spacial score (nSPS) is 12.7. The molecule has 0 radical (unpaired) electrons. The van der Waals surface area contributed by atoms with Gasteiger partial charge in [-0.15, -0.1) is 0 Å². The fourth-order valence-electron chi connectivity index (χ4n) is 2.47. The molecule has 0 amide bonds. The van der Waals surface area contributed by atoms with Crippen LogP contribution < -0.4 is 5.43 Å². The van der Waals surface area contributed by atoms with Crippen LogP contribution in [0.2, 0.25) is 0 Å². The number of fused-ring (bicyclic) bond motifs is 1. The van der Waals surface area contributed by atoms with E-state index < -0.39 is 0 Å². The van der Waals surface area contributed by atoms with Crippen LogP contribution in [0.3, 0.4) is 0 Å². The summed E-state index contributed by atoms with van der Waals surface area (Å²) < 4.78 is 5.73. The zero-order valence-electron chi connectivity index (χ0n) is 11.8. The summed E-state index contributed by atoms with van der Waals surface area (Å²) in [5.41, 5.74) is -0.0337. The third kappa shape index (κ3) is 2.79. The second-order valence-electron chi connectivity index (χ2n) is 5.10. The fourth-order valence-corrected chi connectivity index (χ4v) is 2.47. The maximum absolute atomic E-state index is 12.1. The van der Waals surface area contributed by atoms with Crippen LogP contribution in [0.15, 0.2) is 27.4 Å². The van der Waals surface area contributed by atoms with Gasteiger partial charge in [0.15, 0.2) is 5.43 Å². The summed E-state index contributed by atoms with van der Waals surface area (Å²) >= 11 is 0. The summed E-state index contributed by atoms with van der Waals surface area (Å²) in [6.07, 6.45) is 4.02. The number of rotatable bonds is 5. The van der Waals surface area contributed by atoms with Crippen LogP contribution in [0.25, 0.3) is 11.0 Å². The highest BCUT2D eigenvalue weighted by molar-refractivity contribution is 5.84. The largest absolute Gasteiger partial charge is 0.508 e. The molecule has 2 rings (SSSR count). The Morgan fingerprint density at radius 1 is 1.20 bits per heavy atom. The van der Waals surface area contributed by atoms with E-state index in [0.29, 0.717) is 5.76 Å².